The van der Waals surface area contributed by atoms with Crippen molar-refractivity contribution in [3.05, 3.63) is 95.0 Å². The van der Waals surface area contributed by atoms with E-state index >= 15 is 0 Å². The van der Waals surface area contributed by atoms with Crippen molar-refractivity contribution in [3.63, 3.8) is 0 Å². The van der Waals surface area contributed by atoms with Gasteiger partial charge in [-0.25, -0.2) is 9.97 Å². The first-order chi connectivity index (χ1) is 15.7. The summed E-state index contributed by atoms with van der Waals surface area (Å²) in [5.74, 6) is 3.33. The van der Waals surface area contributed by atoms with Gasteiger partial charge in [0.15, 0.2) is 0 Å². The Morgan fingerprint density at radius 3 is 2.75 bits per heavy atom. The highest BCUT2D eigenvalue weighted by molar-refractivity contribution is 5.63. The molecule has 160 valence electrons. The van der Waals surface area contributed by atoms with Gasteiger partial charge in [-0.1, -0.05) is 42.4 Å². The van der Waals surface area contributed by atoms with E-state index < -0.39 is 0 Å². The number of nitrogens with zero attached hydrogens (tertiary/aromatic N) is 4. The number of benzene rings is 1. The van der Waals surface area contributed by atoms with E-state index in [0.717, 1.165) is 48.0 Å². The molecule has 2 aliphatic rings. The zero-order valence-corrected chi connectivity index (χ0v) is 18.2. The predicted molar refractivity (Wildman–Crippen MR) is 122 cm³/mol. The molecule has 0 spiro atoms. The first-order valence-electron chi connectivity index (χ1n) is 11.2. The van der Waals surface area contributed by atoms with Gasteiger partial charge in [0.05, 0.1) is 23.8 Å². The molecule has 0 amide bonds. The lowest BCUT2D eigenvalue weighted by Gasteiger charge is -2.50. The summed E-state index contributed by atoms with van der Waals surface area (Å²) < 4.78 is 5.71. The number of hydrogen-bond acceptors (Lipinski definition) is 6. The fourth-order valence-electron chi connectivity index (χ4n) is 5.94. The van der Waals surface area contributed by atoms with Gasteiger partial charge in [0, 0.05) is 28.7 Å². The Balaban J connectivity index is 1.59. The molecule has 0 saturated carbocycles. The third kappa shape index (κ3) is 2.79. The van der Waals surface area contributed by atoms with Crippen molar-refractivity contribution < 1.29 is 4.52 Å². The summed E-state index contributed by atoms with van der Waals surface area (Å²) in [6, 6.07) is 14.8. The summed E-state index contributed by atoms with van der Waals surface area (Å²) >= 11 is 0. The molecule has 4 aromatic rings. The van der Waals surface area contributed by atoms with Crippen molar-refractivity contribution in [3.8, 4) is 0 Å². The molecule has 32 heavy (non-hydrogen) atoms. The Morgan fingerprint density at radius 2 is 1.94 bits per heavy atom. The van der Waals surface area contributed by atoms with Crippen LogP contribution >= 0.6 is 0 Å². The molecule has 3 aromatic heterocycles. The summed E-state index contributed by atoms with van der Waals surface area (Å²) in [7, 11) is 0. The Bertz CT molecular complexity index is 1270. The molecule has 0 unspecified atom stereocenters. The number of hydrogen-bond donors (Lipinski definition) is 1. The molecule has 0 bridgehead atoms. The lowest BCUT2D eigenvalue weighted by molar-refractivity contribution is 0.188. The molecule has 3 heterocycles. The minimum absolute atomic E-state index is 0.244. The quantitative estimate of drug-likeness (QED) is 0.493. The largest absolute Gasteiger partial charge is 0.361 e. The zero-order chi connectivity index (χ0) is 21.7. The molecule has 0 aliphatic heterocycles. The maximum atomic E-state index is 5.71. The normalized spacial score (nSPS) is 23.7. The molecule has 3 atom stereocenters. The minimum atomic E-state index is -0.244. The van der Waals surface area contributed by atoms with Crippen molar-refractivity contribution in [2.45, 2.75) is 44.4 Å². The van der Waals surface area contributed by atoms with Gasteiger partial charge in [-0.3, -0.25) is 4.98 Å². The Morgan fingerprint density at radius 1 is 1.06 bits per heavy atom. The van der Waals surface area contributed by atoms with E-state index in [1.807, 2.05) is 31.5 Å². The number of anilines is 2. The monoisotopic (exact) mass is 423 g/mol. The van der Waals surface area contributed by atoms with Gasteiger partial charge in [-0.2, -0.15) is 0 Å². The second-order valence-electron chi connectivity index (χ2n) is 8.98. The molecule has 6 nitrogen and oxygen atoms in total. The predicted octanol–water partition coefficient (Wildman–Crippen LogP) is 5.12. The number of fused-ring (bicyclic) bond motifs is 4. The van der Waals surface area contributed by atoms with Gasteiger partial charge in [-0.05, 0) is 49.8 Å². The number of pyridine rings is 1. The van der Waals surface area contributed by atoms with Crippen LogP contribution in [0.3, 0.4) is 0 Å². The maximum Gasteiger partial charge on any atom is 0.143 e. The maximum absolute atomic E-state index is 5.71. The molecule has 6 heteroatoms. The Hall–Kier alpha value is -3.54. The van der Waals surface area contributed by atoms with Crippen LogP contribution in [0.4, 0.5) is 11.5 Å². The smallest absolute Gasteiger partial charge is 0.143 e. The second-order valence-corrected chi connectivity index (χ2v) is 8.98. The van der Waals surface area contributed by atoms with E-state index in [9.17, 15) is 0 Å². The highest BCUT2D eigenvalue weighted by Crippen LogP contribution is 2.57. The van der Waals surface area contributed by atoms with Crippen LogP contribution in [-0.2, 0) is 18.3 Å². The van der Waals surface area contributed by atoms with E-state index in [-0.39, 0.29) is 11.3 Å². The zero-order valence-electron chi connectivity index (χ0n) is 18.2. The number of aryl methyl sites for hydroxylation is 1. The van der Waals surface area contributed by atoms with Crippen LogP contribution in [0.1, 0.15) is 53.2 Å². The van der Waals surface area contributed by atoms with Crippen LogP contribution in [0.2, 0.25) is 0 Å². The Kier molecular flexibility index (Phi) is 4.35. The summed E-state index contributed by atoms with van der Waals surface area (Å²) in [5, 5.41) is 7.67. The fourth-order valence-corrected chi connectivity index (χ4v) is 5.94. The SMILES string of the molecule is Cc1nc(Nc2cccnc2)c2c(n1)[C@@]1(c3ccccc3)Cc3cnoc3[C@@H](C)[C@@H]1CC2. The molecule has 1 aromatic carbocycles. The molecular weight excluding hydrogens is 398 g/mol. The number of rotatable bonds is 3. The van der Waals surface area contributed by atoms with Gasteiger partial charge < -0.3 is 9.84 Å². The molecule has 0 fully saturated rings. The van der Waals surface area contributed by atoms with E-state index in [2.05, 4.69) is 52.7 Å². The van der Waals surface area contributed by atoms with Gasteiger partial charge >= 0.3 is 0 Å². The van der Waals surface area contributed by atoms with Crippen LogP contribution < -0.4 is 5.32 Å². The molecule has 0 radical (unpaired) electrons. The standard InChI is InChI=1S/C26H25N5O/c1-16-22-11-10-21-24(29-17(2)30-25(21)31-20-9-6-12-27-15-20)26(22,19-7-4-3-5-8-19)13-18-14-28-32-23(16)18/h3-9,12,14-16,22H,10-11,13H2,1-2H3,(H,29,30,31)/t16-,22-,26+/m0/s1. The summed E-state index contributed by atoms with van der Waals surface area (Å²) in [5.41, 5.74) is 5.51. The summed E-state index contributed by atoms with van der Waals surface area (Å²) in [4.78, 5) is 14.2. The molecule has 6 rings (SSSR count). The second kappa shape index (κ2) is 7.26. The third-order valence-electron chi connectivity index (χ3n) is 7.26. The van der Waals surface area contributed by atoms with Crippen molar-refractivity contribution in [1.29, 1.82) is 0 Å². The van der Waals surface area contributed by atoms with E-state index in [1.165, 1.54) is 16.7 Å². The minimum Gasteiger partial charge on any atom is -0.361 e. The van der Waals surface area contributed by atoms with Crippen molar-refractivity contribution in [2.24, 2.45) is 5.92 Å². The highest BCUT2D eigenvalue weighted by Gasteiger charge is 2.54. The average Bonchev–Trinajstić information content (AvgIpc) is 3.29. The molecular formula is C26H25N5O. The van der Waals surface area contributed by atoms with Gasteiger partial charge in [0.1, 0.15) is 17.4 Å². The van der Waals surface area contributed by atoms with E-state index in [1.54, 1.807) is 6.20 Å². The van der Waals surface area contributed by atoms with Gasteiger partial charge in [-0.15, -0.1) is 0 Å². The van der Waals surface area contributed by atoms with Crippen LogP contribution in [0, 0.1) is 12.8 Å². The van der Waals surface area contributed by atoms with Crippen LogP contribution in [0.5, 0.6) is 0 Å². The Labute approximate surface area is 187 Å². The van der Waals surface area contributed by atoms with Crippen LogP contribution in [0.25, 0.3) is 0 Å². The summed E-state index contributed by atoms with van der Waals surface area (Å²) in [6.45, 7) is 4.26. The highest BCUT2D eigenvalue weighted by atomic mass is 16.5. The molecule has 2 aliphatic carbocycles. The van der Waals surface area contributed by atoms with Crippen LogP contribution in [-0.4, -0.2) is 20.1 Å². The van der Waals surface area contributed by atoms with Gasteiger partial charge in [0.2, 0.25) is 0 Å². The number of aromatic nitrogens is 4. The molecule has 1 N–H and O–H groups in total. The first-order valence-corrected chi connectivity index (χ1v) is 11.2. The third-order valence-corrected chi connectivity index (χ3v) is 7.26. The van der Waals surface area contributed by atoms with E-state index in [4.69, 9.17) is 14.5 Å². The van der Waals surface area contributed by atoms with Crippen molar-refractivity contribution >= 4 is 11.5 Å². The lowest BCUT2D eigenvalue weighted by atomic mass is 9.53. The van der Waals surface area contributed by atoms with Gasteiger partial charge in [0.25, 0.3) is 0 Å². The van der Waals surface area contributed by atoms with Crippen molar-refractivity contribution in [2.75, 3.05) is 5.32 Å². The first kappa shape index (κ1) is 19.2. The summed E-state index contributed by atoms with van der Waals surface area (Å²) in [6.07, 6.45) is 8.29. The van der Waals surface area contributed by atoms with Crippen molar-refractivity contribution in [1.82, 2.24) is 20.1 Å². The van der Waals surface area contributed by atoms with Crippen LogP contribution in [0.15, 0.2) is 65.6 Å². The lowest BCUT2D eigenvalue weighted by Crippen LogP contribution is -2.48. The average molecular weight is 424 g/mol. The number of nitrogens with one attached hydrogen (secondary N) is 1. The molecule has 0 saturated heterocycles. The van der Waals surface area contributed by atoms with E-state index in [0.29, 0.717) is 5.92 Å². The topological polar surface area (TPSA) is 76.7 Å². The fraction of sp³-hybridized carbons (Fsp3) is 0.308.